The fraction of sp³-hybridized carbons (Fsp3) is 0.250. The van der Waals surface area contributed by atoms with E-state index in [4.69, 9.17) is 0 Å². The van der Waals surface area contributed by atoms with Gasteiger partial charge in [0.2, 0.25) is 0 Å². The Bertz CT molecular complexity index is 389. The summed E-state index contributed by atoms with van der Waals surface area (Å²) in [6.45, 7) is 3.97. The molecular formula is C8H9N3. The van der Waals surface area contributed by atoms with Crippen molar-refractivity contribution < 1.29 is 0 Å². The predicted octanol–water partition coefficient (Wildman–Crippen LogP) is 1.35. The van der Waals surface area contributed by atoms with E-state index in [9.17, 15) is 0 Å². The van der Waals surface area contributed by atoms with Crippen LogP contribution in [0.2, 0.25) is 0 Å². The maximum atomic E-state index is 4.27. The molecule has 0 aliphatic rings. The molecule has 0 aromatic carbocycles. The highest BCUT2D eigenvalue weighted by Gasteiger charge is 1.96. The quantitative estimate of drug-likeness (QED) is 0.563. The molecule has 0 atom stereocenters. The summed E-state index contributed by atoms with van der Waals surface area (Å²) in [7, 11) is 0. The zero-order valence-corrected chi connectivity index (χ0v) is 6.57. The van der Waals surface area contributed by atoms with Crippen LogP contribution in [0.25, 0.3) is 5.65 Å². The van der Waals surface area contributed by atoms with Crippen molar-refractivity contribution in [3.63, 3.8) is 0 Å². The van der Waals surface area contributed by atoms with Crippen molar-refractivity contribution in [1.82, 2.24) is 14.6 Å². The van der Waals surface area contributed by atoms with Gasteiger partial charge in [0.15, 0.2) is 5.65 Å². The summed E-state index contributed by atoms with van der Waals surface area (Å²) in [6.07, 6.45) is 3.74. The lowest BCUT2D eigenvalue weighted by atomic mass is 10.3. The Morgan fingerprint density at radius 1 is 1.36 bits per heavy atom. The van der Waals surface area contributed by atoms with Crippen LogP contribution in [0.5, 0.6) is 0 Å². The molecule has 0 fully saturated rings. The van der Waals surface area contributed by atoms with E-state index in [1.807, 2.05) is 32.3 Å². The van der Waals surface area contributed by atoms with Crippen molar-refractivity contribution in [3.8, 4) is 0 Å². The first-order valence-corrected chi connectivity index (χ1v) is 3.54. The van der Waals surface area contributed by atoms with Crippen molar-refractivity contribution in [1.29, 1.82) is 0 Å². The lowest BCUT2D eigenvalue weighted by Crippen LogP contribution is -1.89. The van der Waals surface area contributed by atoms with Gasteiger partial charge in [0.1, 0.15) is 0 Å². The number of nitrogens with zero attached hydrogens (tertiary/aromatic N) is 3. The number of aromatic nitrogens is 3. The molecule has 0 N–H and O–H groups in total. The number of fused-ring (bicyclic) bond motifs is 1. The molecule has 3 nitrogen and oxygen atoms in total. The molecule has 0 saturated carbocycles. The summed E-state index contributed by atoms with van der Waals surface area (Å²) in [5.41, 5.74) is 3.06. The molecule has 0 saturated heterocycles. The minimum atomic E-state index is 0.919. The van der Waals surface area contributed by atoms with Gasteiger partial charge >= 0.3 is 0 Å². The van der Waals surface area contributed by atoms with Crippen molar-refractivity contribution in [3.05, 3.63) is 29.7 Å². The summed E-state index contributed by atoms with van der Waals surface area (Å²) in [6, 6.07) is 2.01. The van der Waals surface area contributed by atoms with Gasteiger partial charge in [-0.25, -0.2) is 9.50 Å². The van der Waals surface area contributed by atoms with E-state index in [-0.39, 0.29) is 0 Å². The molecule has 2 rings (SSSR count). The molecule has 3 heteroatoms. The Morgan fingerprint density at radius 2 is 2.18 bits per heavy atom. The number of aryl methyl sites for hydroxylation is 2. The van der Waals surface area contributed by atoms with Crippen LogP contribution in [0.1, 0.15) is 11.3 Å². The second-order valence-corrected chi connectivity index (χ2v) is 2.72. The highest BCUT2D eigenvalue weighted by molar-refractivity contribution is 5.39. The van der Waals surface area contributed by atoms with Crippen LogP contribution in [0.15, 0.2) is 18.5 Å². The minimum Gasteiger partial charge on any atom is -0.232 e. The molecule has 2 aromatic rings. The fourth-order valence-corrected chi connectivity index (χ4v) is 1.09. The second kappa shape index (κ2) is 2.05. The summed E-state index contributed by atoms with van der Waals surface area (Å²) < 4.78 is 1.78. The van der Waals surface area contributed by atoms with Gasteiger partial charge in [0.25, 0.3) is 0 Å². The average Bonchev–Trinajstić information content (AvgIpc) is 2.27. The Morgan fingerprint density at radius 3 is 3.00 bits per heavy atom. The second-order valence-electron chi connectivity index (χ2n) is 2.72. The predicted molar refractivity (Wildman–Crippen MR) is 42.5 cm³/mol. The first-order valence-electron chi connectivity index (χ1n) is 3.54. The zero-order chi connectivity index (χ0) is 7.84. The van der Waals surface area contributed by atoms with Gasteiger partial charge in [-0.1, -0.05) is 0 Å². The highest BCUT2D eigenvalue weighted by Crippen LogP contribution is 2.03. The molecular weight excluding hydrogens is 138 g/mol. The largest absolute Gasteiger partial charge is 0.232 e. The number of hydrogen-bond donors (Lipinski definition) is 0. The molecule has 11 heavy (non-hydrogen) atoms. The summed E-state index contributed by atoms with van der Waals surface area (Å²) in [4.78, 5) is 4.27. The van der Waals surface area contributed by atoms with Gasteiger partial charge in [-0.15, -0.1) is 0 Å². The molecule has 2 aromatic heterocycles. The van der Waals surface area contributed by atoms with Gasteiger partial charge in [-0.2, -0.15) is 5.10 Å². The van der Waals surface area contributed by atoms with Crippen LogP contribution in [0, 0.1) is 13.8 Å². The number of imidazole rings is 1. The van der Waals surface area contributed by atoms with Crippen LogP contribution in [0.4, 0.5) is 0 Å². The lowest BCUT2D eigenvalue weighted by Gasteiger charge is -1.91. The van der Waals surface area contributed by atoms with E-state index >= 15 is 0 Å². The molecule has 0 spiro atoms. The van der Waals surface area contributed by atoms with Crippen LogP contribution >= 0.6 is 0 Å². The van der Waals surface area contributed by atoms with Gasteiger partial charge in [-0.3, -0.25) is 0 Å². The van der Waals surface area contributed by atoms with E-state index in [0.717, 1.165) is 16.9 Å². The van der Waals surface area contributed by atoms with E-state index in [0.29, 0.717) is 0 Å². The van der Waals surface area contributed by atoms with Crippen molar-refractivity contribution in [2.45, 2.75) is 13.8 Å². The zero-order valence-electron chi connectivity index (χ0n) is 6.57. The Hall–Kier alpha value is -1.38. The maximum absolute atomic E-state index is 4.27. The summed E-state index contributed by atoms with van der Waals surface area (Å²) >= 11 is 0. The third-order valence-electron chi connectivity index (χ3n) is 1.58. The molecule has 2 heterocycles. The number of hydrogen-bond acceptors (Lipinski definition) is 2. The topological polar surface area (TPSA) is 30.2 Å². The van der Waals surface area contributed by atoms with E-state index in [1.165, 1.54) is 0 Å². The van der Waals surface area contributed by atoms with E-state index < -0.39 is 0 Å². The van der Waals surface area contributed by atoms with Gasteiger partial charge in [0, 0.05) is 0 Å². The standard InChI is InChI=1S/C8H9N3/c1-6-3-8-10-7(2)5-11(8)9-4-6/h3-5H,1-2H3. The van der Waals surface area contributed by atoms with Crippen LogP contribution in [0.3, 0.4) is 0 Å². The maximum Gasteiger partial charge on any atom is 0.154 e. The van der Waals surface area contributed by atoms with Gasteiger partial charge in [0.05, 0.1) is 18.1 Å². The van der Waals surface area contributed by atoms with Crippen molar-refractivity contribution >= 4 is 5.65 Å². The molecule has 0 bridgehead atoms. The molecule has 0 unspecified atom stereocenters. The van der Waals surface area contributed by atoms with E-state index in [1.54, 1.807) is 4.52 Å². The third-order valence-corrected chi connectivity index (χ3v) is 1.58. The molecule has 0 aliphatic carbocycles. The Kier molecular flexibility index (Phi) is 1.18. The molecule has 0 amide bonds. The molecule has 0 radical (unpaired) electrons. The third kappa shape index (κ3) is 0.981. The van der Waals surface area contributed by atoms with Crippen LogP contribution in [-0.4, -0.2) is 14.6 Å². The normalized spacial score (nSPS) is 10.7. The van der Waals surface area contributed by atoms with Gasteiger partial charge < -0.3 is 0 Å². The summed E-state index contributed by atoms with van der Waals surface area (Å²) in [5.74, 6) is 0. The van der Waals surface area contributed by atoms with E-state index in [2.05, 4.69) is 10.1 Å². The first-order chi connectivity index (χ1) is 5.25. The van der Waals surface area contributed by atoms with Crippen LogP contribution in [-0.2, 0) is 0 Å². The Labute approximate surface area is 64.7 Å². The highest BCUT2D eigenvalue weighted by atomic mass is 15.2. The minimum absolute atomic E-state index is 0.919. The average molecular weight is 147 g/mol. The smallest absolute Gasteiger partial charge is 0.154 e. The Balaban J connectivity index is 2.82. The summed E-state index contributed by atoms with van der Waals surface area (Å²) in [5, 5.41) is 4.16. The fourth-order valence-electron chi connectivity index (χ4n) is 1.09. The van der Waals surface area contributed by atoms with Crippen LogP contribution < -0.4 is 0 Å². The lowest BCUT2D eigenvalue weighted by molar-refractivity contribution is 0.925. The van der Waals surface area contributed by atoms with Gasteiger partial charge in [-0.05, 0) is 25.5 Å². The van der Waals surface area contributed by atoms with Crippen molar-refractivity contribution in [2.24, 2.45) is 0 Å². The molecule has 0 aliphatic heterocycles. The SMILES string of the molecule is Cc1cnn2cc(C)nc2c1. The molecule has 56 valence electrons. The first kappa shape index (κ1) is 6.34. The van der Waals surface area contributed by atoms with Crippen molar-refractivity contribution in [2.75, 3.05) is 0 Å². The number of rotatable bonds is 0. The monoisotopic (exact) mass is 147 g/mol.